The van der Waals surface area contributed by atoms with Gasteiger partial charge in [-0.15, -0.1) is 0 Å². The Hall–Kier alpha value is -0.570. The molecule has 0 saturated heterocycles. The number of nitrogens with two attached hydrogens (primary N) is 1. The third-order valence-electron chi connectivity index (χ3n) is 4.11. The number of rotatable bonds is 7. The highest BCUT2D eigenvalue weighted by Gasteiger charge is 2.43. The maximum absolute atomic E-state index is 12.8. The monoisotopic (exact) mass is 254 g/mol. The highest BCUT2D eigenvalue weighted by atomic mass is 16.2. The summed E-state index contributed by atoms with van der Waals surface area (Å²) in [6.07, 6.45) is 6.56. The Balaban J connectivity index is 2.74. The van der Waals surface area contributed by atoms with Gasteiger partial charge in [0.25, 0.3) is 0 Å². The summed E-state index contributed by atoms with van der Waals surface area (Å²) in [4.78, 5) is 14.9. The molecule has 0 bridgehead atoms. The molecule has 3 nitrogen and oxygen atoms in total. The van der Waals surface area contributed by atoms with Crippen LogP contribution in [0.3, 0.4) is 0 Å². The molecule has 1 fully saturated rings. The molecule has 0 aromatic heterocycles. The Kier molecular flexibility index (Phi) is 6.13. The average Bonchev–Trinajstić information content (AvgIpc) is 2.78. The zero-order valence-electron chi connectivity index (χ0n) is 12.4. The van der Waals surface area contributed by atoms with Gasteiger partial charge in [0.1, 0.15) is 0 Å². The minimum atomic E-state index is -0.0568. The van der Waals surface area contributed by atoms with Crippen molar-refractivity contribution in [2.24, 2.45) is 17.1 Å². The number of amides is 1. The summed E-state index contributed by atoms with van der Waals surface area (Å²) in [6.45, 7) is 8.84. The van der Waals surface area contributed by atoms with Gasteiger partial charge in [-0.05, 0) is 45.1 Å². The second kappa shape index (κ2) is 7.13. The fraction of sp³-hybridized carbons (Fsp3) is 0.933. The van der Waals surface area contributed by atoms with Crippen molar-refractivity contribution in [1.29, 1.82) is 0 Å². The van der Waals surface area contributed by atoms with Gasteiger partial charge in [0.2, 0.25) is 5.91 Å². The van der Waals surface area contributed by atoms with Crippen LogP contribution in [0, 0.1) is 11.3 Å². The molecule has 2 N–H and O–H groups in total. The zero-order valence-corrected chi connectivity index (χ0v) is 12.4. The van der Waals surface area contributed by atoms with E-state index in [1.54, 1.807) is 0 Å². The zero-order chi connectivity index (χ0) is 13.6. The van der Waals surface area contributed by atoms with E-state index >= 15 is 0 Å². The van der Waals surface area contributed by atoms with E-state index in [0.29, 0.717) is 18.4 Å². The van der Waals surface area contributed by atoms with E-state index in [1.165, 1.54) is 12.8 Å². The van der Waals surface area contributed by atoms with Gasteiger partial charge in [-0.1, -0.05) is 26.7 Å². The lowest BCUT2D eigenvalue weighted by Gasteiger charge is -2.35. The first kappa shape index (κ1) is 15.5. The molecule has 1 aliphatic carbocycles. The Morgan fingerprint density at radius 2 is 1.94 bits per heavy atom. The highest BCUT2D eigenvalue weighted by Crippen LogP contribution is 2.44. The Labute approximate surface area is 112 Å². The van der Waals surface area contributed by atoms with Crippen molar-refractivity contribution in [3.05, 3.63) is 0 Å². The van der Waals surface area contributed by atoms with Gasteiger partial charge in [-0.2, -0.15) is 0 Å². The van der Waals surface area contributed by atoms with Gasteiger partial charge in [0.05, 0.1) is 0 Å². The van der Waals surface area contributed by atoms with Crippen LogP contribution >= 0.6 is 0 Å². The van der Waals surface area contributed by atoms with Crippen LogP contribution in [0.1, 0.15) is 59.3 Å². The predicted octanol–water partition coefficient (Wildman–Crippen LogP) is 2.79. The van der Waals surface area contributed by atoms with Crippen molar-refractivity contribution in [3.63, 3.8) is 0 Å². The molecule has 0 atom stereocenters. The van der Waals surface area contributed by atoms with E-state index in [-0.39, 0.29) is 5.41 Å². The average molecular weight is 254 g/mol. The second-order valence-electron chi connectivity index (χ2n) is 6.11. The number of carbonyl (C=O) groups excluding carboxylic acids is 1. The molecule has 1 aliphatic rings. The summed E-state index contributed by atoms with van der Waals surface area (Å²) in [5, 5.41) is 0. The number of hydrogen-bond donors (Lipinski definition) is 1. The first-order valence-electron chi connectivity index (χ1n) is 7.55. The smallest absolute Gasteiger partial charge is 0.228 e. The predicted molar refractivity (Wildman–Crippen MR) is 76.3 cm³/mol. The molecule has 3 heteroatoms. The molecule has 0 spiro atoms. The number of carbonyl (C=O) groups is 1. The molecule has 0 heterocycles. The van der Waals surface area contributed by atoms with Gasteiger partial charge < -0.3 is 10.6 Å². The van der Waals surface area contributed by atoms with E-state index < -0.39 is 0 Å². The van der Waals surface area contributed by atoms with Crippen molar-refractivity contribution in [2.75, 3.05) is 19.6 Å². The summed E-state index contributed by atoms with van der Waals surface area (Å²) in [6, 6.07) is 0. The van der Waals surface area contributed by atoms with Gasteiger partial charge in [0, 0.05) is 18.5 Å². The number of nitrogens with zero attached hydrogens (tertiary/aromatic N) is 1. The molecular weight excluding hydrogens is 224 g/mol. The lowest BCUT2D eigenvalue weighted by Crippen LogP contribution is -2.44. The lowest BCUT2D eigenvalue weighted by molar-refractivity contribution is -0.142. The molecule has 0 aromatic rings. The van der Waals surface area contributed by atoms with Crippen LogP contribution in [0.25, 0.3) is 0 Å². The SMILES string of the molecule is CCN(CCCN)C(=O)C1(CC(C)C)CCCC1. The summed E-state index contributed by atoms with van der Waals surface area (Å²) in [5.74, 6) is 0.991. The van der Waals surface area contributed by atoms with Crippen molar-refractivity contribution in [2.45, 2.75) is 59.3 Å². The van der Waals surface area contributed by atoms with Crippen LogP contribution < -0.4 is 5.73 Å². The fourth-order valence-corrected chi connectivity index (χ4v) is 3.36. The molecule has 18 heavy (non-hydrogen) atoms. The fourth-order valence-electron chi connectivity index (χ4n) is 3.36. The third kappa shape index (κ3) is 3.71. The second-order valence-corrected chi connectivity index (χ2v) is 6.11. The molecule has 0 unspecified atom stereocenters. The summed E-state index contributed by atoms with van der Waals surface area (Å²) in [7, 11) is 0. The molecule has 106 valence electrons. The molecule has 0 aliphatic heterocycles. The van der Waals surface area contributed by atoms with E-state index in [1.807, 2.05) is 4.90 Å². The van der Waals surface area contributed by atoms with Crippen LogP contribution in [-0.2, 0) is 4.79 Å². The molecule has 1 rings (SSSR count). The quantitative estimate of drug-likeness (QED) is 0.759. The minimum Gasteiger partial charge on any atom is -0.342 e. The third-order valence-corrected chi connectivity index (χ3v) is 4.11. The summed E-state index contributed by atoms with van der Waals surface area (Å²) < 4.78 is 0. The van der Waals surface area contributed by atoms with Gasteiger partial charge in [0.15, 0.2) is 0 Å². The minimum absolute atomic E-state index is 0.0568. The molecule has 0 aromatic carbocycles. The largest absolute Gasteiger partial charge is 0.342 e. The van der Waals surface area contributed by atoms with Crippen LogP contribution in [-0.4, -0.2) is 30.4 Å². The van der Waals surface area contributed by atoms with Crippen molar-refractivity contribution in [3.8, 4) is 0 Å². The van der Waals surface area contributed by atoms with Crippen molar-refractivity contribution in [1.82, 2.24) is 4.90 Å². The molecular formula is C15H30N2O. The first-order chi connectivity index (χ1) is 8.55. The van der Waals surface area contributed by atoms with E-state index in [0.717, 1.165) is 38.8 Å². The Morgan fingerprint density at radius 1 is 1.33 bits per heavy atom. The standard InChI is InChI=1S/C15H30N2O/c1-4-17(11-7-10-16)14(18)15(12-13(2)3)8-5-6-9-15/h13H,4-12,16H2,1-3H3. The van der Waals surface area contributed by atoms with Crippen molar-refractivity contribution >= 4 is 5.91 Å². The van der Waals surface area contributed by atoms with Gasteiger partial charge >= 0.3 is 0 Å². The van der Waals surface area contributed by atoms with Gasteiger partial charge in [-0.25, -0.2) is 0 Å². The Morgan fingerprint density at radius 3 is 2.39 bits per heavy atom. The molecule has 0 radical (unpaired) electrons. The molecule has 1 saturated carbocycles. The Bertz CT molecular complexity index is 257. The molecule has 1 amide bonds. The van der Waals surface area contributed by atoms with Gasteiger partial charge in [-0.3, -0.25) is 4.79 Å². The van der Waals surface area contributed by atoms with Crippen molar-refractivity contribution < 1.29 is 4.79 Å². The highest BCUT2D eigenvalue weighted by molar-refractivity contribution is 5.83. The van der Waals surface area contributed by atoms with Crippen LogP contribution in [0.15, 0.2) is 0 Å². The maximum atomic E-state index is 12.8. The topological polar surface area (TPSA) is 46.3 Å². The van der Waals surface area contributed by atoms with E-state index in [9.17, 15) is 4.79 Å². The lowest BCUT2D eigenvalue weighted by atomic mass is 9.77. The van der Waals surface area contributed by atoms with Crippen LogP contribution in [0.5, 0.6) is 0 Å². The van der Waals surface area contributed by atoms with E-state index in [4.69, 9.17) is 5.73 Å². The summed E-state index contributed by atoms with van der Waals surface area (Å²) in [5.41, 5.74) is 5.50. The van der Waals surface area contributed by atoms with E-state index in [2.05, 4.69) is 20.8 Å². The maximum Gasteiger partial charge on any atom is 0.228 e. The number of hydrogen-bond acceptors (Lipinski definition) is 2. The summed E-state index contributed by atoms with van der Waals surface area (Å²) >= 11 is 0. The normalized spacial score (nSPS) is 18.3. The van der Waals surface area contributed by atoms with Crippen LogP contribution in [0.4, 0.5) is 0 Å². The first-order valence-corrected chi connectivity index (χ1v) is 7.55. The van der Waals surface area contributed by atoms with Crippen LogP contribution in [0.2, 0.25) is 0 Å².